The smallest absolute Gasteiger partial charge is 0.221 e. The van der Waals surface area contributed by atoms with Crippen molar-refractivity contribution in [3.05, 3.63) is 11.6 Å². The highest BCUT2D eigenvalue weighted by Gasteiger charge is 2.05. The molecule has 0 fully saturated rings. The molecule has 2 N–H and O–H groups in total. The number of amides is 1. The molecule has 0 bridgehead atoms. The minimum Gasteiger partial charge on any atom is -0.356 e. The molecule has 16 heavy (non-hydrogen) atoms. The molecule has 3 nitrogen and oxygen atoms in total. The summed E-state index contributed by atoms with van der Waals surface area (Å²) in [7, 11) is 0. The second kappa shape index (κ2) is 7.44. The van der Waals surface area contributed by atoms with Crippen LogP contribution < -0.4 is 10.6 Å². The van der Waals surface area contributed by atoms with Crippen LogP contribution in [0.1, 0.15) is 46.0 Å². The SMILES string of the molecule is CC(C)NCCC(=O)NCCC1=CCCC1. The van der Waals surface area contributed by atoms with Gasteiger partial charge in [0.2, 0.25) is 5.91 Å². The fourth-order valence-electron chi connectivity index (χ4n) is 1.89. The van der Waals surface area contributed by atoms with Gasteiger partial charge in [-0.05, 0) is 25.7 Å². The van der Waals surface area contributed by atoms with Crippen molar-refractivity contribution in [1.29, 1.82) is 0 Å². The van der Waals surface area contributed by atoms with Gasteiger partial charge in [-0.2, -0.15) is 0 Å². The van der Waals surface area contributed by atoms with Crippen LogP contribution in [-0.2, 0) is 4.79 Å². The van der Waals surface area contributed by atoms with Crippen LogP contribution in [0.15, 0.2) is 11.6 Å². The average Bonchev–Trinajstić information content (AvgIpc) is 2.70. The van der Waals surface area contributed by atoms with Crippen LogP contribution in [0.25, 0.3) is 0 Å². The Morgan fingerprint density at radius 1 is 1.44 bits per heavy atom. The van der Waals surface area contributed by atoms with Crippen molar-refractivity contribution in [2.45, 2.75) is 52.0 Å². The molecule has 1 aliphatic rings. The number of hydrogen-bond donors (Lipinski definition) is 2. The van der Waals surface area contributed by atoms with Gasteiger partial charge in [-0.3, -0.25) is 4.79 Å². The molecule has 3 heteroatoms. The van der Waals surface area contributed by atoms with Gasteiger partial charge in [0.25, 0.3) is 0 Å². The van der Waals surface area contributed by atoms with Crippen LogP contribution in [-0.4, -0.2) is 25.0 Å². The van der Waals surface area contributed by atoms with E-state index < -0.39 is 0 Å². The first kappa shape index (κ1) is 13.2. The Bertz CT molecular complexity index is 246. The molecule has 0 aliphatic heterocycles. The molecule has 1 aliphatic carbocycles. The highest BCUT2D eigenvalue weighted by molar-refractivity contribution is 5.76. The van der Waals surface area contributed by atoms with Gasteiger partial charge >= 0.3 is 0 Å². The molecule has 0 aromatic carbocycles. The van der Waals surface area contributed by atoms with Crippen LogP contribution in [0.5, 0.6) is 0 Å². The third-order valence-corrected chi connectivity index (χ3v) is 2.81. The van der Waals surface area contributed by atoms with Crippen LogP contribution in [0.2, 0.25) is 0 Å². The number of hydrogen-bond acceptors (Lipinski definition) is 2. The summed E-state index contributed by atoms with van der Waals surface area (Å²) in [5.41, 5.74) is 1.51. The summed E-state index contributed by atoms with van der Waals surface area (Å²) in [5.74, 6) is 0.159. The lowest BCUT2D eigenvalue weighted by Gasteiger charge is -2.08. The van der Waals surface area contributed by atoms with Crippen molar-refractivity contribution in [2.75, 3.05) is 13.1 Å². The minimum absolute atomic E-state index is 0.159. The van der Waals surface area contributed by atoms with E-state index in [0.717, 1.165) is 19.5 Å². The van der Waals surface area contributed by atoms with Crippen LogP contribution in [0.4, 0.5) is 0 Å². The van der Waals surface area contributed by atoms with Crippen molar-refractivity contribution in [3.63, 3.8) is 0 Å². The zero-order valence-electron chi connectivity index (χ0n) is 10.5. The quantitative estimate of drug-likeness (QED) is 0.649. The minimum atomic E-state index is 0.159. The number of rotatable bonds is 7. The maximum Gasteiger partial charge on any atom is 0.221 e. The fourth-order valence-corrected chi connectivity index (χ4v) is 1.89. The van der Waals surface area contributed by atoms with Crippen molar-refractivity contribution in [1.82, 2.24) is 10.6 Å². The van der Waals surface area contributed by atoms with Gasteiger partial charge in [-0.25, -0.2) is 0 Å². The van der Waals surface area contributed by atoms with E-state index in [4.69, 9.17) is 0 Å². The first-order chi connectivity index (χ1) is 7.68. The van der Waals surface area contributed by atoms with E-state index >= 15 is 0 Å². The Morgan fingerprint density at radius 3 is 2.88 bits per heavy atom. The largest absolute Gasteiger partial charge is 0.356 e. The topological polar surface area (TPSA) is 41.1 Å². The predicted molar refractivity (Wildman–Crippen MR) is 67.3 cm³/mol. The monoisotopic (exact) mass is 224 g/mol. The average molecular weight is 224 g/mol. The van der Waals surface area contributed by atoms with Crippen LogP contribution >= 0.6 is 0 Å². The number of allylic oxidation sites excluding steroid dienone is 1. The van der Waals surface area contributed by atoms with Gasteiger partial charge < -0.3 is 10.6 Å². The number of carbonyl (C=O) groups excluding carboxylic acids is 1. The van der Waals surface area contributed by atoms with Gasteiger partial charge in [0, 0.05) is 25.6 Å². The van der Waals surface area contributed by atoms with E-state index in [-0.39, 0.29) is 5.91 Å². The molecule has 0 saturated carbocycles. The molecule has 0 aromatic heterocycles. The summed E-state index contributed by atoms with van der Waals surface area (Å²) in [5, 5.41) is 6.20. The van der Waals surface area contributed by atoms with E-state index in [2.05, 4.69) is 30.6 Å². The first-order valence-electron chi connectivity index (χ1n) is 6.36. The maximum atomic E-state index is 11.4. The van der Waals surface area contributed by atoms with E-state index in [1.807, 2.05) is 0 Å². The van der Waals surface area contributed by atoms with Gasteiger partial charge in [-0.1, -0.05) is 25.5 Å². The second-order valence-electron chi connectivity index (χ2n) is 4.71. The zero-order chi connectivity index (χ0) is 11.8. The Morgan fingerprint density at radius 2 is 2.25 bits per heavy atom. The summed E-state index contributed by atoms with van der Waals surface area (Å²) in [6.07, 6.45) is 7.67. The molecule has 1 rings (SSSR count). The summed E-state index contributed by atoms with van der Waals surface area (Å²) < 4.78 is 0. The molecule has 0 unspecified atom stereocenters. The highest BCUT2D eigenvalue weighted by Crippen LogP contribution is 2.19. The summed E-state index contributed by atoms with van der Waals surface area (Å²) >= 11 is 0. The van der Waals surface area contributed by atoms with Gasteiger partial charge in [0.15, 0.2) is 0 Å². The van der Waals surface area contributed by atoms with Crippen molar-refractivity contribution >= 4 is 5.91 Å². The lowest BCUT2D eigenvalue weighted by atomic mass is 10.2. The molecule has 0 spiro atoms. The van der Waals surface area contributed by atoms with Gasteiger partial charge in [0.05, 0.1) is 0 Å². The van der Waals surface area contributed by atoms with Crippen LogP contribution in [0.3, 0.4) is 0 Å². The summed E-state index contributed by atoms with van der Waals surface area (Å²) in [6, 6.07) is 0.455. The third-order valence-electron chi connectivity index (χ3n) is 2.81. The van der Waals surface area contributed by atoms with Gasteiger partial charge in [-0.15, -0.1) is 0 Å². The molecule has 0 atom stereocenters. The fraction of sp³-hybridized carbons (Fsp3) is 0.769. The zero-order valence-corrected chi connectivity index (χ0v) is 10.5. The Kier molecular flexibility index (Phi) is 6.16. The Balaban J connectivity index is 1.97. The highest BCUT2D eigenvalue weighted by atomic mass is 16.1. The molecule has 1 amide bonds. The standard InChI is InChI=1S/C13H24N2O/c1-11(2)14-10-8-13(16)15-9-7-12-5-3-4-6-12/h5,11,14H,3-4,6-10H2,1-2H3,(H,15,16). The molecular formula is C13H24N2O. The molecule has 92 valence electrons. The van der Waals surface area contributed by atoms with E-state index in [1.54, 1.807) is 0 Å². The van der Waals surface area contributed by atoms with Crippen molar-refractivity contribution in [2.24, 2.45) is 0 Å². The Labute approximate surface area is 98.7 Å². The first-order valence-corrected chi connectivity index (χ1v) is 6.36. The molecular weight excluding hydrogens is 200 g/mol. The van der Waals surface area contributed by atoms with Crippen molar-refractivity contribution < 1.29 is 4.79 Å². The third kappa shape index (κ3) is 5.91. The van der Waals surface area contributed by atoms with Crippen LogP contribution in [0, 0.1) is 0 Å². The Hall–Kier alpha value is -0.830. The normalized spacial score (nSPS) is 15.3. The lowest BCUT2D eigenvalue weighted by Crippen LogP contribution is -2.31. The van der Waals surface area contributed by atoms with E-state index in [1.165, 1.54) is 24.8 Å². The molecule has 0 radical (unpaired) electrons. The van der Waals surface area contributed by atoms with Gasteiger partial charge in [0.1, 0.15) is 0 Å². The lowest BCUT2D eigenvalue weighted by molar-refractivity contribution is -0.120. The molecule has 0 saturated heterocycles. The van der Waals surface area contributed by atoms with E-state index in [9.17, 15) is 4.79 Å². The molecule has 0 heterocycles. The van der Waals surface area contributed by atoms with Crippen molar-refractivity contribution in [3.8, 4) is 0 Å². The predicted octanol–water partition coefficient (Wildman–Crippen LogP) is 1.99. The second-order valence-corrected chi connectivity index (χ2v) is 4.71. The summed E-state index contributed by atoms with van der Waals surface area (Å²) in [4.78, 5) is 11.4. The summed E-state index contributed by atoms with van der Waals surface area (Å²) in [6.45, 7) is 5.74. The maximum absolute atomic E-state index is 11.4. The van der Waals surface area contributed by atoms with E-state index in [0.29, 0.717) is 12.5 Å². The molecule has 0 aromatic rings. The number of nitrogens with one attached hydrogen (secondary N) is 2. The number of carbonyl (C=O) groups is 1.